The summed E-state index contributed by atoms with van der Waals surface area (Å²) in [5.41, 5.74) is 0.935. The molecule has 0 unspecified atom stereocenters. The molecule has 2 heterocycles. The Hall–Kier alpha value is -1.15. The second-order valence-corrected chi connectivity index (χ2v) is 7.22. The third-order valence-corrected chi connectivity index (χ3v) is 5.60. The van der Waals surface area contributed by atoms with Crippen LogP contribution in [0.1, 0.15) is 12.5 Å². The maximum absolute atomic E-state index is 12.2. The number of anilines is 1. The van der Waals surface area contributed by atoms with Crippen LogP contribution in [0, 0.1) is 0 Å². The highest BCUT2D eigenvalue weighted by Gasteiger charge is 2.18. The summed E-state index contributed by atoms with van der Waals surface area (Å²) in [5, 5.41) is 5.23. The molecular weight excluding hydrogens is 318 g/mol. The average Bonchev–Trinajstić information content (AvgIpc) is 2.88. The molecule has 2 aromatic heterocycles. The lowest BCUT2D eigenvalue weighted by Crippen LogP contribution is -2.13. The van der Waals surface area contributed by atoms with Crippen molar-refractivity contribution in [2.24, 2.45) is 0 Å². The number of rotatable bonds is 6. The summed E-state index contributed by atoms with van der Waals surface area (Å²) in [6.45, 7) is 3.47. The molecule has 0 aromatic carbocycles. The molecule has 0 aliphatic heterocycles. The lowest BCUT2D eigenvalue weighted by molar-refractivity contribution is 0.603. The third kappa shape index (κ3) is 3.69. The third-order valence-electron chi connectivity index (χ3n) is 2.46. The molecule has 2 N–H and O–H groups in total. The van der Waals surface area contributed by atoms with Crippen LogP contribution in [0.4, 0.5) is 5.82 Å². The van der Waals surface area contributed by atoms with E-state index in [9.17, 15) is 8.42 Å². The molecule has 0 bridgehead atoms. The minimum Gasteiger partial charge on any atom is -0.313 e. The van der Waals surface area contributed by atoms with E-state index in [1.54, 1.807) is 18.2 Å². The summed E-state index contributed by atoms with van der Waals surface area (Å²) in [6.07, 6.45) is 1.48. The van der Waals surface area contributed by atoms with E-state index in [0.717, 1.165) is 12.1 Å². The number of hydrogen-bond donors (Lipinski definition) is 2. The predicted octanol–water partition coefficient (Wildman–Crippen LogP) is 2.71. The minimum absolute atomic E-state index is 0.135. The second kappa shape index (κ2) is 6.53. The van der Waals surface area contributed by atoms with Crippen LogP contribution in [0.3, 0.4) is 0 Å². The quantitative estimate of drug-likeness (QED) is 0.853. The molecule has 108 valence electrons. The SMILES string of the molecule is CCNCc1csc(S(=O)(=O)Nc2ncccc2Cl)c1. The first-order chi connectivity index (χ1) is 9.53. The van der Waals surface area contributed by atoms with Crippen molar-refractivity contribution in [3.8, 4) is 0 Å². The zero-order chi connectivity index (χ0) is 14.6. The fourth-order valence-electron chi connectivity index (χ4n) is 1.49. The van der Waals surface area contributed by atoms with Gasteiger partial charge in [-0.3, -0.25) is 4.72 Å². The standard InChI is InChI=1S/C12H14ClN3O2S2/c1-2-14-7-9-6-11(19-8-9)20(17,18)16-12-10(13)4-3-5-15-12/h3-6,8,14H,2,7H2,1H3,(H,15,16). The Balaban J connectivity index is 2.18. The van der Waals surface area contributed by atoms with Gasteiger partial charge in [0.2, 0.25) is 0 Å². The van der Waals surface area contributed by atoms with E-state index in [0.29, 0.717) is 6.54 Å². The number of nitrogens with zero attached hydrogens (tertiary/aromatic N) is 1. The van der Waals surface area contributed by atoms with Crippen LogP contribution < -0.4 is 10.0 Å². The number of nitrogens with one attached hydrogen (secondary N) is 2. The van der Waals surface area contributed by atoms with Crippen LogP contribution in [0.5, 0.6) is 0 Å². The molecule has 0 atom stereocenters. The highest BCUT2D eigenvalue weighted by atomic mass is 35.5. The van der Waals surface area contributed by atoms with Crippen molar-refractivity contribution in [1.29, 1.82) is 0 Å². The van der Waals surface area contributed by atoms with Crippen molar-refractivity contribution in [1.82, 2.24) is 10.3 Å². The maximum atomic E-state index is 12.2. The number of pyridine rings is 1. The van der Waals surface area contributed by atoms with Crippen LogP contribution in [-0.4, -0.2) is 19.9 Å². The molecular formula is C12H14ClN3O2S2. The van der Waals surface area contributed by atoms with Gasteiger partial charge in [0.15, 0.2) is 5.82 Å². The smallest absolute Gasteiger partial charge is 0.272 e. The molecule has 8 heteroatoms. The summed E-state index contributed by atoms with van der Waals surface area (Å²) in [7, 11) is -3.65. The molecule has 0 saturated carbocycles. The fraction of sp³-hybridized carbons (Fsp3) is 0.250. The normalized spacial score (nSPS) is 11.5. The minimum atomic E-state index is -3.65. The molecule has 0 aliphatic rings. The molecule has 2 aromatic rings. The number of sulfonamides is 1. The lowest BCUT2D eigenvalue weighted by atomic mass is 10.3. The van der Waals surface area contributed by atoms with Crippen molar-refractivity contribution >= 4 is 38.8 Å². The van der Waals surface area contributed by atoms with Crippen molar-refractivity contribution in [3.63, 3.8) is 0 Å². The Morgan fingerprint density at radius 1 is 1.45 bits per heavy atom. The van der Waals surface area contributed by atoms with Gasteiger partial charge in [-0.05, 0) is 35.7 Å². The highest BCUT2D eigenvalue weighted by Crippen LogP contribution is 2.25. The van der Waals surface area contributed by atoms with Crippen molar-refractivity contribution in [2.45, 2.75) is 17.7 Å². The summed E-state index contributed by atoms with van der Waals surface area (Å²) in [4.78, 5) is 3.92. The first-order valence-corrected chi connectivity index (χ1v) is 8.68. The van der Waals surface area contributed by atoms with E-state index in [1.165, 1.54) is 17.5 Å². The van der Waals surface area contributed by atoms with Crippen LogP contribution in [-0.2, 0) is 16.6 Å². The van der Waals surface area contributed by atoms with E-state index >= 15 is 0 Å². The largest absolute Gasteiger partial charge is 0.313 e. The van der Waals surface area contributed by atoms with E-state index in [2.05, 4.69) is 15.0 Å². The summed E-state index contributed by atoms with van der Waals surface area (Å²) < 4.78 is 27.1. The molecule has 0 fully saturated rings. The van der Waals surface area contributed by atoms with Crippen molar-refractivity contribution < 1.29 is 8.42 Å². The molecule has 0 radical (unpaired) electrons. The zero-order valence-corrected chi connectivity index (χ0v) is 13.1. The highest BCUT2D eigenvalue weighted by molar-refractivity contribution is 7.94. The molecule has 2 rings (SSSR count). The first-order valence-electron chi connectivity index (χ1n) is 5.94. The number of aromatic nitrogens is 1. The molecule has 5 nitrogen and oxygen atoms in total. The van der Waals surface area contributed by atoms with Crippen LogP contribution in [0.2, 0.25) is 5.02 Å². The van der Waals surface area contributed by atoms with Crippen molar-refractivity contribution in [2.75, 3.05) is 11.3 Å². The van der Waals surface area contributed by atoms with E-state index in [1.807, 2.05) is 12.3 Å². The number of hydrogen-bond acceptors (Lipinski definition) is 5. The summed E-state index contributed by atoms with van der Waals surface area (Å²) in [6, 6.07) is 4.86. The van der Waals surface area contributed by atoms with Gasteiger partial charge in [-0.1, -0.05) is 18.5 Å². The zero-order valence-electron chi connectivity index (χ0n) is 10.8. The Morgan fingerprint density at radius 2 is 2.25 bits per heavy atom. The number of halogens is 1. The topological polar surface area (TPSA) is 71.1 Å². The van der Waals surface area contributed by atoms with Gasteiger partial charge < -0.3 is 5.32 Å². The Morgan fingerprint density at radius 3 is 2.95 bits per heavy atom. The monoisotopic (exact) mass is 331 g/mol. The maximum Gasteiger partial charge on any atom is 0.272 e. The number of thiophene rings is 1. The Bertz CT molecular complexity index is 686. The van der Waals surface area contributed by atoms with Gasteiger partial charge >= 0.3 is 0 Å². The van der Waals surface area contributed by atoms with E-state index < -0.39 is 10.0 Å². The fourth-order valence-corrected chi connectivity index (χ4v) is 3.96. The van der Waals surface area contributed by atoms with Crippen molar-refractivity contribution in [3.05, 3.63) is 40.4 Å². The van der Waals surface area contributed by atoms with Gasteiger partial charge in [-0.25, -0.2) is 13.4 Å². The average molecular weight is 332 g/mol. The van der Waals surface area contributed by atoms with E-state index in [-0.39, 0.29) is 15.0 Å². The van der Waals surface area contributed by atoms with Gasteiger partial charge in [0.1, 0.15) is 4.21 Å². The van der Waals surface area contributed by atoms with Gasteiger partial charge in [0.25, 0.3) is 10.0 Å². The van der Waals surface area contributed by atoms with Gasteiger partial charge in [-0.2, -0.15) is 0 Å². The second-order valence-electron chi connectivity index (χ2n) is 3.99. The van der Waals surface area contributed by atoms with Gasteiger partial charge in [0, 0.05) is 12.7 Å². The van der Waals surface area contributed by atoms with E-state index in [4.69, 9.17) is 11.6 Å². The molecule has 20 heavy (non-hydrogen) atoms. The first kappa shape index (κ1) is 15.2. The molecule has 0 spiro atoms. The Kier molecular flexibility index (Phi) is 4.98. The van der Waals surface area contributed by atoms with Crippen LogP contribution in [0.25, 0.3) is 0 Å². The van der Waals surface area contributed by atoms with Gasteiger partial charge in [0.05, 0.1) is 5.02 Å². The summed E-state index contributed by atoms with van der Waals surface area (Å²) in [5.74, 6) is 0.135. The molecule has 0 aliphatic carbocycles. The van der Waals surface area contributed by atoms with Crippen LogP contribution >= 0.6 is 22.9 Å². The molecule has 0 saturated heterocycles. The van der Waals surface area contributed by atoms with Crippen LogP contribution in [0.15, 0.2) is 34.0 Å². The Labute approximate surface area is 127 Å². The molecule has 0 amide bonds. The predicted molar refractivity (Wildman–Crippen MR) is 81.8 cm³/mol. The lowest BCUT2D eigenvalue weighted by Gasteiger charge is -2.06. The summed E-state index contributed by atoms with van der Waals surface area (Å²) >= 11 is 7.07. The van der Waals surface area contributed by atoms with Gasteiger partial charge in [-0.15, -0.1) is 11.3 Å².